The van der Waals surface area contributed by atoms with E-state index >= 15 is 0 Å². The van der Waals surface area contributed by atoms with Crippen molar-refractivity contribution in [3.63, 3.8) is 0 Å². The summed E-state index contributed by atoms with van der Waals surface area (Å²) < 4.78 is 17.5. The lowest BCUT2D eigenvalue weighted by atomic mass is 10.1. The van der Waals surface area contributed by atoms with Crippen LogP contribution in [0.2, 0.25) is 0 Å². The Kier molecular flexibility index (Phi) is 8.13. The summed E-state index contributed by atoms with van der Waals surface area (Å²) in [7, 11) is 0. The van der Waals surface area contributed by atoms with Crippen LogP contribution in [0.3, 0.4) is 0 Å². The van der Waals surface area contributed by atoms with E-state index in [1.807, 2.05) is 35.2 Å². The fourth-order valence-corrected chi connectivity index (χ4v) is 4.32. The monoisotopic (exact) mass is 467 g/mol. The van der Waals surface area contributed by atoms with Crippen molar-refractivity contribution in [2.24, 2.45) is 11.1 Å². The van der Waals surface area contributed by atoms with Gasteiger partial charge in [-0.2, -0.15) is 0 Å². The van der Waals surface area contributed by atoms with Gasteiger partial charge in [0, 0.05) is 39.1 Å². The maximum absolute atomic E-state index is 13.5. The molecule has 1 amide bonds. The van der Waals surface area contributed by atoms with Crippen molar-refractivity contribution in [1.29, 1.82) is 0 Å². The SMILES string of the molecule is CC(C)CN(Cc1ccc2c(c1)OCCCO2)C(=O)C1CN(Cc2ccc(N=O)cc2)CCO1. The Balaban J connectivity index is 1.42. The summed E-state index contributed by atoms with van der Waals surface area (Å²) in [5, 5.41) is 2.95. The van der Waals surface area contributed by atoms with E-state index in [2.05, 4.69) is 23.9 Å². The van der Waals surface area contributed by atoms with Crippen LogP contribution < -0.4 is 9.47 Å². The van der Waals surface area contributed by atoms with Gasteiger partial charge in [0.25, 0.3) is 5.91 Å². The van der Waals surface area contributed by atoms with Gasteiger partial charge in [-0.05, 0) is 46.5 Å². The Morgan fingerprint density at radius 2 is 1.79 bits per heavy atom. The lowest BCUT2D eigenvalue weighted by molar-refractivity contribution is -0.151. The molecule has 0 bridgehead atoms. The van der Waals surface area contributed by atoms with Crippen molar-refractivity contribution < 1.29 is 19.0 Å². The lowest BCUT2D eigenvalue weighted by Crippen LogP contribution is -2.51. The molecule has 1 unspecified atom stereocenters. The fourth-order valence-electron chi connectivity index (χ4n) is 4.32. The summed E-state index contributed by atoms with van der Waals surface area (Å²) in [6.07, 6.45) is 0.346. The number of hydrogen-bond acceptors (Lipinski definition) is 7. The molecule has 0 aromatic heterocycles. The van der Waals surface area contributed by atoms with Crippen molar-refractivity contribution in [3.8, 4) is 11.5 Å². The zero-order valence-corrected chi connectivity index (χ0v) is 19.9. The van der Waals surface area contributed by atoms with Gasteiger partial charge < -0.3 is 19.1 Å². The normalized spacial score (nSPS) is 18.4. The zero-order chi connectivity index (χ0) is 23.9. The van der Waals surface area contributed by atoms with Crippen LogP contribution in [0.5, 0.6) is 11.5 Å². The van der Waals surface area contributed by atoms with Gasteiger partial charge in [0.15, 0.2) is 11.5 Å². The topological polar surface area (TPSA) is 80.7 Å². The molecule has 1 atom stereocenters. The number of fused-ring (bicyclic) bond motifs is 1. The van der Waals surface area contributed by atoms with E-state index in [9.17, 15) is 9.70 Å². The largest absolute Gasteiger partial charge is 0.490 e. The number of hydrogen-bond donors (Lipinski definition) is 0. The highest BCUT2D eigenvalue weighted by atomic mass is 16.5. The first kappa shape index (κ1) is 24.2. The number of carbonyl (C=O) groups is 1. The first-order valence-corrected chi connectivity index (χ1v) is 12.0. The van der Waals surface area contributed by atoms with Gasteiger partial charge in [0.05, 0.1) is 19.8 Å². The molecule has 8 heteroatoms. The third-order valence-electron chi connectivity index (χ3n) is 5.96. The zero-order valence-electron chi connectivity index (χ0n) is 19.9. The second-order valence-electron chi connectivity index (χ2n) is 9.30. The minimum Gasteiger partial charge on any atom is -0.490 e. The highest BCUT2D eigenvalue weighted by Gasteiger charge is 2.31. The van der Waals surface area contributed by atoms with Gasteiger partial charge in [-0.25, -0.2) is 0 Å². The standard InChI is InChI=1S/C26H33N3O5/c1-19(2)15-29(17-21-6-9-23-24(14-21)33-12-3-11-32-23)26(30)25-18-28(10-13-34-25)16-20-4-7-22(27-31)8-5-20/h4-9,14,19,25H,3,10-13,15-18H2,1-2H3. The minimum atomic E-state index is -0.510. The van der Waals surface area contributed by atoms with E-state index in [0.717, 1.165) is 35.6 Å². The molecule has 0 spiro atoms. The van der Waals surface area contributed by atoms with Crippen LogP contribution in [0, 0.1) is 10.8 Å². The van der Waals surface area contributed by atoms with E-state index in [-0.39, 0.29) is 5.91 Å². The maximum atomic E-state index is 13.5. The molecule has 8 nitrogen and oxygen atoms in total. The fraction of sp³-hybridized carbons (Fsp3) is 0.500. The van der Waals surface area contributed by atoms with Gasteiger partial charge in [-0.15, -0.1) is 4.91 Å². The number of morpholine rings is 1. The molecule has 1 fully saturated rings. The Morgan fingerprint density at radius 1 is 1.06 bits per heavy atom. The molecule has 2 aromatic rings. The Morgan fingerprint density at radius 3 is 2.53 bits per heavy atom. The average Bonchev–Trinajstić information content (AvgIpc) is 3.09. The molecule has 2 aliphatic heterocycles. The van der Waals surface area contributed by atoms with E-state index in [0.29, 0.717) is 57.6 Å². The summed E-state index contributed by atoms with van der Waals surface area (Å²) in [4.78, 5) is 28.3. The molecule has 1 saturated heterocycles. The van der Waals surface area contributed by atoms with E-state index in [1.165, 1.54) is 0 Å². The first-order chi connectivity index (χ1) is 16.5. The van der Waals surface area contributed by atoms with Crippen molar-refractivity contribution in [2.75, 3.05) is 39.5 Å². The second kappa shape index (κ2) is 11.4. The number of rotatable bonds is 8. The number of amides is 1. The van der Waals surface area contributed by atoms with Crippen molar-refractivity contribution in [1.82, 2.24) is 9.80 Å². The van der Waals surface area contributed by atoms with Crippen LogP contribution in [0.15, 0.2) is 47.6 Å². The Hall–Kier alpha value is -2.97. The summed E-state index contributed by atoms with van der Waals surface area (Å²) in [5.41, 5.74) is 2.50. The molecular formula is C26H33N3O5. The smallest absolute Gasteiger partial charge is 0.253 e. The molecule has 4 rings (SSSR count). The number of benzene rings is 2. The van der Waals surface area contributed by atoms with Crippen LogP contribution in [0.1, 0.15) is 31.4 Å². The molecule has 2 aromatic carbocycles. The van der Waals surface area contributed by atoms with Crippen LogP contribution in [0.25, 0.3) is 0 Å². The quantitative estimate of drug-likeness (QED) is 0.543. The summed E-state index contributed by atoms with van der Waals surface area (Å²) in [6.45, 7) is 9.12. The van der Waals surface area contributed by atoms with Crippen molar-refractivity contribution in [2.45, 2.75) is 39.5 Å². The lowest BCUT2D eigenvalue weighted by Gasteiger charge is -2.35. The summed E-state index contributed by atoms with van der Waals surface area (Å²) in [6, 6.07) is 13.1. The average molecular weight is 468 g/mol. The van der Waals surface area contributed by atoms with Crippen LogP contribution in [0.4, 0.5) is 5.69 Å². The third kappa shape index (κ3) is 6.33. The third-order valence-corrected chi connectivity index (χ3v) is 5.96. The minimum absolute atomic E-state index is 0.00557. The maximum Gasteiger partial charge on any atom is 0.253 e. The van der Waals surface area contributed by atoms with Crippen LogP contribution in [-0.4, -0.2) is 61.3 Å². The Labute approximate surface area is 200 Å². The summed E-state index contributed by atoms with van der Waals surface area (Å²) >= 11 is 0. The number of nitroso groups, excluding NO2 is 1. The van der Waals surface area contributed by atoms with E-state index in [4.69, 9.17) is 14.2 Å². The van der Waals surface area contributed by atoms with E-state index < -0.39 is 6.10 Å². The van der Waals surface area contributed by atoms with Gasteiger partial charge >= 0.3 is 0 Å². The number of carbonyl (C=O) groups excluding carboxylic acids is 1. The van der Waals surface area contributed by atoms with Gasteiger partial charge in [0.2, 0.25) is 0 Å². The molecule has 0 saturated carbocycles. The molecule has 34 heavy (non-hydrogen) atoms. The molecule has 2 heterocycles. The molecule has 2 aliphatic rings. The summed E-state index contributed by atoms with van der Waals surface area (Å²) in [5.74, 6) is 1.83. The molecule has 182 valence electrons. The van der Waals surface area contributed by atoms with Gasteiger partial charge in [-0.1, -0.05) is 32.0 Å². The Bertz CT molecular complexity index is 979. The number of nitrogens with zero attached hydrogens (tertiary/aromatic N) is 3. The molecular weight excluding hydrogens is 434 g/mol. The van der Waals surface area contributed by atoms with Crippen molar-refractivity contribution in [3.05, 3.63) is 58.5 Å². The predicted molar refractivity (Wildman–Crippen MR) is 129 cm³/mol. The molecule has 0 N–H and O–H groups in total. The highest BCUT2D eigenvalue weighted by Crippen LogP contribution is 2.31. The van der Waals surface area contributed by atoms with Crippen LogP contribution >= 0.6 is 0 Å². The van der Waals surface area contributed by atoms with E-state index in [1.54, 1.807) is 12.1 Å². The van der Waals surface area contributed by atoms with Gasteiger partial charge in [0.1, 0.15) is 11.8 Å². The van der Waals surface area contributed by atoms with Gasteiger partial charge in [-0.3, -0.25) is 9.69 Å². The number of ether oxygens (including phenoxy) is 3. The highest BCUT2D eigenvalue weighted by molar-refractivity contribution is 5.81. The first-order valence-electron chi connectivity index (χ1n) is 12.0. The second-order valence-corrected chi connectivity index (χ2v) is 9.30. The predicted octanol–water partition coefficient (Wildman–Crippen LogP) is 4.13. The van der Waals surface area contributed by atoms with Crippen LogP contribution in [-0.2, 0) is 22.6 Å². The molecule has 0 radical (unpaired) electrons. The molecule has 0 aliphatic carbocycles. The van der Waals surface area contributed by atoms with Crippen molar-refractivity contribution >= 4 is 11.6 Å².